The van der Waals surface area contributed by atoms with Crippen LogP contribution < -0.4 is 0 Å². The summed E-state index contributed by atoms with van der Waals surface area (Å²) >= 11 is 0. The van der Waals surface area contributed by atoms with Gasteiger partial charge in [-0.15, -0.1) is 0 Å². The van der Waals surface area contributed by atoms with E-state index >= 15 is 0 Å². The van der Waals surface area contributed by atoms with Gasteiger partial charge in [0.15, 0.2) is 0 Å². The van der Waals surface area contributed by atoms with E-state index in [0.717, 1.165) is 0 Å². The fraction of sp³-hybridized carbons (Fsp3) is 0. The van der Waals surface area contributed by atoms with Gasteiger partial charge in [0.05, 0.1) is 0 Å². The summed E-state index contributed by atoms with van der Waals surface area (Å²) < 4.78 is 59.3. The molecule has 0 aromatic rings. The fourth-order valence-electron chi connectivity index (χ4n) is 0. The molecule has 0 atom stereocenters. The topological polar surface area (TPSA) is 63.0 Å². The molecule has 4 N–H and O–H groups in total. The minimum Gasteiger partial charge on any atom is -0.412 e. The molecule has 0 amide bonds. The van der Waals surface area contributed by atoms with Crippen molar-refractivity contribution < 1.29 is 35.6 Å². The Kier molecular flexibility index (Phi) is 7.07. The molecule has 0 fully saturated rings. The quantitative estimate of drug-likeness (QED) is 0.315. The van der Waals surface area contributed by atoms with E-state index in [0.29, 0.717) is 0 Å². The Hall–Kier alpha value is 0.977. The summed E-state index contributed by atoms with van der Waals surface area (Å²) in [5.74, 6) is 0. The maximum absolute atomic E-state index is 10.8. The first-order chi connectivity index (χ1) is 2.45. The average Bonchev–Trinajstić information content (AvgIpc) is 0.592. The number of halogens is 6. The van der Waals surface area contributed by atoms with Crippen LogP contribution in [0.4, 0.5) is 24.6 Å². The Morgan fingerprint density at radius 1 is 0.600 bits per heavy atom. The molecule has 10 heavy (non-hydrogen) atoms. The smallest absolute Gasteiger partial charge is 0.412 e. The molecule has 0 radical (unpaired) electrons. The van der Waals surface area contributed by atoms with Crippen LogP contribution in [0.15, 0.2) is 0 Å². The van der Waals surface area contributed by atoms with Gasteiger partial charge >= 0.3 is 71.0 Å². The first-order valence-corrected chi connectivity index (χ1v) is 3.40. The largest absolute Gasteiger partial charge is 2.00 e. The van der Waals surface area contributed by atoms with Crippen molar-refractivity contribution in [2.75, 3.05) is 0 Å². The minimum absolute atomic E-state index is 0. The summed E-state index contributed by atoms with van der Waals surface area (Å²) in [5.41, 5.74) is 0. The van der Waals surface area contributed by atoms with E-state index < -0.39 is 8.63 Å². The second-order valence-corrected chi connectivity index (χ2v) is 3.21. The second kappa shape index (κ2) is 3.15. The van der Waals surface area contributed by atoms with Gasteiger partial charge in [-0.2, -0.15) is 0 Å². The normalized spacial score (nSPS) is 16.2. The van der Waals surface area contributed by atoms with Gasteiger partial charge < -0.3 is 11.0 Å². The molecule has 0 unspecified atom stereocenters. The fourth-order valence-corrected chi connectivity index (χ4v) is 0. The molecule has 0 saturated carbocycles. The molecule has 0 heterocycles. The summed E-state index contributed by atoms with van der Waals surface area (Å²) in [6.07, 6.45) is 0. The monoisotopic (exact) mass is 218 g/mol. The van der Waals surface area contributed by atoms with Crippen LogP contribution in [0.5, 0.6) is 0 Å². The van der Waals surface area contributed by atoms with E-state index in [-0.39, 0.29) is 48.7 Å². The predicted molar refractivity (Wildman–Crippen MR) is 25.4 cm³/mol. The molecule has 0 aliphatic heterocycles. The number of hydrogen-bond acceptors (Lipinski definition) is 0. The van der Waals surface area contributed by atoms with Crippen LogP contribution in [0, 0.1) is 0 Å². The van der Waals surface area contributed by atoms with Gasteiger partial charge in [0.1, 0.15) is 0 Å². The molecular weight excluding hydrogens is 214 g/mol. The number of rotatable bonds is 0. The zero-order valence-electron chi connectivity index (χ0n) is 4.47. The van der Waals surface area contributed by atoms with E-state index in [2.05, 4.69) is 0 Å². The van der Waals surface area contributed by atoms with Crippen molar-refractivity contribution in [1.82, 2.24) is 0 Å². The van der Waals surface area contributed by atoms with Gasteiger partial charge in [-0.05, 0) is 0 Å². The van der Waals surface area contributed by atoms with Crippen LogP contribution in [0.2, 0.25) is 0 Å². The average molecular weight is 218 g/mol. The minimum atomic E-state index is -10.8. The van der Waals surface area contributed by atoms with E-state index in [1.807, 2.05) is 0 Å². The third-order valence-corrected chi connectivity index (χ3v) is 0. The Morgan fingerprint density at radius 3 is 0.600 bits per heavy atom. The maximum atomic E-state index is 9.88. The van der Waals surface area contributed by atoms with Crippen molar-refractivity contribution >= 4 is 46.4 Å². The van der Waals surface area contributed by atoms with Gasteiger partial charge in [0.25, 0.3) is 0 Å². The molecule has 0 aliphatic rings. The molecule has 64 valence electrons. The third kappa shape index (κ3) is 599. The Morgan fingerprint density at radius 2 is 0.600 bits per heavy atom. The van der Waals surface area contributed by atoms with Crippen LogP contribution in [0.3, 0.4) is 0 Å². The zero-order valence-corrected chi connectivity index (χ0v) is 7.68. The van der Waals surface area contributed by atoms with Crippen molar-refractivity contribution in [2.45, 2.75) is 0 Å². The third-order valence-electron chi connectivity index (χ3n) is 0. The van der Waals surface area contributed by atoms with Gasteiger partial charge in [0.2, 0.25) is 0 Å². The molecule has 2 nitrogen and oxygen atoms in total. The summed E-state index contributed by atoms with van der Waals surface area (Å²) in [6.45, 7) is 0. The molecule has 10 heteroatoms. The van der Waals surface area contributed by atoms with Crippen LogP contribution in [-0.2, 0) is 0 Å². The molecule has 0 aromatic heterocycles. The maximum Gasteiger partial charge on any atom is 2.00 e. The molecule has 0 spiro atoms. The van der Waals surface area contributed by atoms with Crippen molar-refractivity contribution in [1.29, 1.82) is 0 Å². The predicted octanol–water partition coefficient (Wildman–Crippen LogP) is 0.110. The van der Waals surface area contributed by atoms with Crippen molar-refractivity contribution in [3.63, 3.8) is 0 Å². The molecule has 0 bridgehead atoms. The van der Waals surface area contributed by atoms with Crippen molar-refractivity contribution in [2.24, 2.45) is 0 Å². The summed E-state index contributed by atoms with van der Waals surface area (Å²) in [5, 5.41) is 0. The SMILES string of the molecule is F[Si-2](F)(F)(F)(F)F.O.O.[Ca+2]. The molecule has 0 aromatic carbocycles. The zero-order chi connectivity index (χ0) is 6.41. The second-order valence-electron chi connectivity index (χ2n) is 1.07. The van der Waals surface area contributed by atoms with Gasteiger partial charge in [-0.25, -0.2) is 0 Å². The molecular formula is H4CaF6O2Si. The van der Waals surface area contributed by atoms with Gasteiger partial charge in [0, 0.05) is 0 Å². The first-order valence-electron chi connectivity index (χ1n) is 1.13. The first kappa shape index (κ1) is 22.4. The molecule has 0 saturated heterocycles. The molecule has 0 aliphatic carbocycles. The Balaban J connectivity index is -0.0000000600. The standard InChI is InChI=1S/Ca.F6Si.2H2O/c;1-7(2,3,4,5)6;;/h;;2*1H2/q+2;-2;;. The van der Waals surface area contributed by atoms with Crippen molar-refractivity contribution in [3.05, 3.63) is 0 Å². The summed E-state index contributed by atoms with van der Waals surface area (Å²) in [4.78, 5) is 0. The Bertz CT molecular complexity index is 74.3. The van der Waals surface area contributed by atoms with Gasteiger partial charge in [-0.1, -0.05) is 0 Å². The van der Waals surface area contributed by atoms with E-state index in [4.69, 9.17) is 0 Å². The van der Waals surface area contributed by atoms with Crippen LogP contribution >= 0.6 is 0 Å². The van der Waals surface area contributed by atoms with E-state index in [9.17, 15) is 24.6 Å². The number of hydrogen-bond donors (Lipinski definition) is 0. The van der Waals surface area contributed by atoms with Crippen LogP contribution in [-0.4, -0.2) is 57.3 Å². The van der Waals surface area contributed by atoms with E-state index in [1.54, 1.807) is 0 Å². The molecule has 0 rings (SSSR count). The van der Waals surface area contributed by atoms with Crippen LogP contribution in [0.1, 0.15) is 0 Å². The van der Waals surface area contributed by atoms with E-state index in [1.165, 1.54) is 0 Å². The summed E-state index contributed by atoms with van der Waals surface area (Å²) in [6, 6.07) is 0. The summed E-state index contributed by atoms with van der Waals surface area (Å²) in [7, 11) is -10.8. The van der Waals surface area contributed by atoms with Gasteiger partial charge in [-0.3, -0.25) is 0 Å². The van der Waals surface area contributed by atoms with Crippen molar-refractivity contribution in [3.8, 4) is 0 Å². The van der Waals surface area contributed by atoms with Crippen LogP contribution in [0.25, 0.3) is 0 Å². The Labute approximate surface area is 81.7 Å².